The average Bonchev–Trinajstić information content (AvgIpc) is 3.50. The van der Waals surface area contributed by atoms with Crippen LogP contribution in [0.4, 0.5) is 5.88 Å². The maximum Gasteiger partial charge on any atom is 0.202 e. The Morgan fingerprint density at radius 1 is 0.556 bits per heavy atom. The smallest absolute Gasteiger partial charge is 0.202 e. The molecular formula is C42H28N2O. The molecule has 0 bridgehead atoms. The van der Waals surface area contributed by atoms with Gasteiger partial charge in [-0.3, -0.25) is 4.98 Å². The Balaban J connectivity index is 1.29. The van der Waals surface area contributed by atoms with Gasteiger partial charge < -0.3 is 9.73 Å². The van der Waals surface area contributed by atoms with Crippen LogP contribution in [0.1, 0.15) is 22.7 Å². The Morgan fingerprint density at radius 2 is 1.27 bits per heavy atom. The zero-order valence-corrected chi connectivity index (χ0v) is 24.4. The molecule has 212 valence electrons. The molecule has 1 aliphatic rings. The third-order valence-corrected chi connectivity index (χ3v) is 8.96. The second-order valence-corrected chi connectivity index (χ2v) is 11.6. The molecule has 9 rings (SSSR count). The zero-order valence-electron chi connectivity index (χ0n) is 24.4. The van der Waals surface area contributed by atoms with Gasteiger partial charge in [0.15, 0.2) is 0 Å². The number of rotatable bonds is 4. The Morgan fingerprint density at radius 3 is 2.11 bits per heavy atom. The summed E-state index contributed by atoms with van der Waals surface area (Å²) in [5.74, 6) is 0.798. The van der Waals surface area contributed by atoms with Crippen molar-refractivity contribution in [2.75, 3.05) is 5.32 Å². The van der Waals surface area contributed by atoms with Crippen LogP contribution in [0.25, 0.3) is 60.3 Å². The van der Waals surface area contributed by atoms with Crippen LogP contribution < -0.4 is 5.32 Å². The summed E-state index contributed by atoms with van der Waals surface area (Å²) in [6.07, 6.45) is 6.12. The van der Waals surface area contributed by atoms with E-state index in [0.717, 1.165) is 39.1 Å². The molecule has 0 spiro atoms. The summed E-state index contributed by atoms with van der Waals surface area (Å²) in [7, 11) is 0. The number of furan rings is 1. The van der Waals surface area contributed by atoms with Crippen molar-refractivity contribution in [1.29, 1.82) is 0 Å². The van der Waals surface area contributed by atoms with E-state index in [9.17, 15) is 0 Å². The zero-order chi connectivity index (χ0) is 29.7. The fraction of sp³-hybridized carbons (Fsp3) is 0.0238. The summed E-state index contributed by atoms with van der Waals surface area (Å²) >= 11 is 0. The minimum atomic E-state index is -0.115. The number of nitrogens with zero attached hydrogens (tertiary/aromatic N) is 1. The fourth-order valence-electron chi connectivity index (χ4n) is 6.87. The van der Waals surface area contributed by atoms with Crippen molar-refractivity contribution in [3.8, 4) is 22.3 Å². The Hall–Kier alpha value is -5.93. The van der Waals surface area contributed by atoms with Crippen molar-refractivity contribution >= 4 is 44.0 Å². The molecule has 0 aliphatic carbocycles. The number of nitrogens with one attached hydrogen (secondary N) is 1. The number of benzene rings is 6. The van der Waals surface area contributed by atoms with Gasteiger partial charge in [-0.25, -0.2) is 0 Å². The molecule has 0 amide bonds. The van der Waals surface area contributed by atoms with Crippen LogP contribution in [-0.4, -0.2) is 4.98 Å². The second-order valence-electron chi connectivity index (χ2n) is 11.6. The van der Waals surface area contributed by atoms with Gasteiger partial charge in [0.05, 0.1) is 11.6 Å². The van der Waals surface area contributed by atoms with Crippen LogP contribution in [0.15, 0.2) is 162 Å². The number of anilines is 1. The molecule has 1 aliphatic heterocycles. The van der Waals surface area contributed by atoms with Crippen molar-refractivity contribution in [2.24, 2.45) is 0 Å². The van der Waals surface area contributed by atoms with E-state index < -0.39 is 0 Å². The molecule has 0 fully saturated rings. The highest BCUT2D eigenvalue weighted by Crippen LogP contribution is 2.46. The van der Waals surface area contributed by atoms with Gasteiger partial charge in [0.25, 0.3) is 0 Å². The van der Waals surface area contributed by atoms with Crippen molar-refractivity contribution in [2.45, 2.75) is 6.04 Å². The molecule has 1 N–H and O–H groups in total. The van der Waals surface area contributed by atoms with E-state index in [0.29, 0.717) is 0 Å². The SMILES string of the molecule is C1=C(c2ccccc2)c2c(oc3ccccc23)NC1c1cc(-c2cccnc2)cc(-c2cc3ccccc3c3ccccc23)c1. The Kier molecular flexibility index (Phi) is 5.88. The highest BCUT2D eigenvalue weighted by atomic mass is 16.4. The van der Waals surface area contributed by atoms with Crippen LogP contribution in [0.5, 0.6) is 0 Å². The number of para-hydroxylation sites is 1. The average molecular weight is 577 g/mol. The van der Waals surface area contributed by atoms with Crippen LogP contribution in [-0.2, 0) is 0 Å². The first-order chi connectivity index (χ1) is 22.3. The fourth-order valence-corrected chi connectivity index (χ4v) is 6.87. The van der Waals surface area contributed by atoms with Gasteiger partial charge in [0.2, 0.25) is 5.88 Å². The molecule has 8 aromatic rings. The number of pyridine rings is 1. The molecule has 0 saturated heterocycles. The molecule has 1 unspecified atom stereocenters. The lowest BCUT2D eigenvalue weighted by Crippen LogP contribution is -2.14. The molecule has 1 atom stereocenters. The molecule has 3 heterocycles. The summed E-state index contributed by atoms with van der Waals surface area (Å²) in [6.45, 7) is 0. The highest BCUT2D eigenvalue weighted by Gasteiger charge is 2.27. The van der Waals surface area contributed by atoms with Crippen LogP contribution in [0, 0.1) is 0 Å². The van der Waals surface area contributed by atoms with Gasteiger partial charge >= 0.3 is 0 Å². The van der Waals surface area contributed by atoms with E-state index in [1.54, 1.807) is 0 Å². The number of hydrogen-bond donors (Lipinski definition) is 1. The topological polar surface area (TPSA) is 38.1 Å². The predicted molar refractivity (Wildman–Crippen MR) is 186 cm³/mol. The van der Waals surface area contributed by atoms with Gasteiger partial charge in [-0.2, -0.15) is 0 Å². The quantitative estimate of drug-likeness (QED) is 0.212. The first kappa shape index (κ1) is 25.6. The van der Waals surface area contributed by atoms with Gasteiger partial charge in [-0.1, -0.05) is 103 Å². The van der Waals surface area contributed by atoms with Crippen LogP contribution in [0.3, 0.4) is 0 Å². The van der Waals surface area contributed by atoms with E-state index in [4.69, 9.17) is 4.42 Å². The van der Waals surface area contributed by atoms with E-state index in [1.807, 2.05) is 30.6 Å². The van der Waals surface area contributed by atoms with Gasteiger partial charge in [0.1, 0.15) is 5.58 Å². The van der Waals surface area contributed by atoms with Gasteiger partial charge in [-0.05, 0) is 97.4 Å². The lowest BCUT2D eigenvalue weighted by molar-refractivity contribution is 0.618. The number of aromatic nitrogens is 1. The van der Waals surface area contributed by atoms with E-state index in [2.05, 4.69) is 138 Å². The maximum absolute atomic E-state index is 6.47. The molecule has 3 heteroatoms. The normalized spacial score (nSPS) is 14.3. The van der Waals surface area contributed by atoms with Crippen molar-refractivity contribution in [1.82, 2.24) is 4.98 Å². The Labute approximate surface area is 261 Å². The van der Waals surface area contributed by atoms with Crippen molar-refractivity contribution in [3.63, 3.8) is 0 Å². The first-order valence-electron chi connectivity index (χ1n) is 15.3. The highest BCUT2D eigenvalue weighted by molar-refractivity contribution is 6.14. The van der Waals surface area contributed by atoms with Crippen molar-refractivity contribution < 1.29 is 4.42 Å². The summed E-state index contributed by atoms with van der Waals surface area (Å²) < 4.78 is 6.47. The third kappa shape index (κ3) is 4.32. The van der Waals surface area contributed by atoms with Crippen LogP contribution >= 0.6 is 0 Å². The van der Waals surface area contributed by atoms with E-state index in [-0.39, 0.29) is 6.04 Å². The number of fused-ring (bicyclic) bond motifs is 6. The molecule has 3 nitrogen and oxygen atoms in total. The molecule has 2 aromatic heterocycles. The Bertz CT molecular complexity index is 2400. The van der Waals surface area contributed by atoms with Gasteiger partial charge in [-0.15, -0.1) is 0 Å². The minimum absolute atomic E-state index is 0.115. The van der Waals surface area contributed by atoms with Crippen molar-refractivity contribution in [3.05, 3.63) is 175 Å². The van der Waals surface area contributed by atoms with E-state index >= 15 is 0 Å². The minimum Gasteiger partial charge on any atom is -0.440 e. The standard InChI is InChI=1S/C42H28N2O/c1-2-11-27(12-3-1)38-25-39(44-42-41(38)36-18-8-9-19-40(36)45-42)32-22-30(29-14-10-20-43-26-29)21-31(23-32)37-24-28-13-4-5-15-33(28)34-16-6-7-17-35(34)37/h1-26,39,44H. The predicted octanol–water partition coefficient (Wildman–Crippen LogP) is 11.1. The lowest BCUT2D eigenvalue weighted by Gasteiger charge is -2.25. The third-order valence-electron chi connectivity index (χ3n) is 8.96. The molecule has 0 saturated carbocycles. The summed E-state index contributed by atoms with van der Waals surface area (Å²) in [5, 5.41) is 9.87. The number of hydrogen-bond acceptors (Lipinski definition) is 3. The largest absolute Gasteiger partial charge is 0.440 e. The van der Waals surface area contributed by atoms with Crippen LogP contribution in [0.2, 0.25) is 0 Å². The maximum atomic E-state index is 6.47. The molecule has 45 heavy (non-hydrogen) atoms. The van der Waals surface area contributed by atoms with Gasteiger partial charge in [0, 0.05) is 23.3 Å². The summed E-state index contributed by atoms with van der Waals surface area (Å²) in [5.41, 5.74) is 10.1. The molecule has 0 radical (unpaired) electrons. The summed E-state index contributed by atoms with van der Waals surface area (Å²) in [4.78, 5) is 4.46. The second kappa shape index (κ2) is 10.4. The first-order valence-corrected chi connectivity index (χ1v) is 15.3. The summed E-state index contributed by atoms with van der Waals surface area (Å²) in [6, 6.07) is 49.6. The van der Waals surface area contributed by atoms with E-state index in [1.165, 1.54) is 43.8 Å². The monoisotopic (exact) mass is 576 g/mol. The molecular weight excluding hydrogens is 548 g/mol. The lowest BCUT2D eigenvalue weighted by atomic mass is 9.87. The molecule has 6 aromatic carbocycles.